The van der Waals surface area contributed by atoms with Crippen molar-refractivity contribution in [1.82, 2.24) is 4.98 Å². The fourth-order valence-corrected chi connectivity index (χ4v) is 1.54. The molecule has 1 fully saturated rings. The third-order valence-electron chi connectivity index (χ3n) is 2.00. The van der Waals surface area contributed by atoms with Gasteiger partial charge in [-0.1, -0.05) is 0 Å². The summed E-state index contributed by atoms with van der Waals surface area (Å²) in [7, 11) is 0. The second-order valence-corrected chi connectivity index (χ2v) is 3.96. The molecular weight excluding hydrogens is 291 g/mol. The molecule has 0 bridgehead atoms. The predicted octanol–water partition coefficient (Wildman–Crippen LogP) is 1.87. The van der Waals surface area contributed by atoms with Crippen molar-refractivity contribution >= 4 is 40.7 Å². The second kappa shape index (κ2) is 5.28. The van der Waals surface area contributed by atoms with Crippen molar-refractivity contribution in [3.05, 3.63) is 28.5 Å². The standard InChI is InChI=1S/C8H9BrN2O.2ClH/c9-7-1-6(2-11-3-7)8(10)4-12-5-8;;/h1-3H,4-5,10H2;2*1H. The summed E-state index contributed by atoms with van der Waals surface area (Å²) in [6.45, 7) is 1.18. The molecule has 0 radical (unpaired) electrons. The molecule has 0 spiro atoms. The first-order valence-electron chi connectivity index (χ1n) is 3.68. The van der Waals surface area contributed by atoms with Gasteiger partial charge in [0.05, 0.1) is 18.8 Å². The number of hydrogen-bond acceptors (Lipinski definition) is 3. The molecule has 80 valence electrons. The van der Waals surface area contributed by atoms with Gasteiger partial charge in [-0.05, 0) is 27.6 Å². The molecule has 1 aliphatic rings. The highest BCUT2D eigenvalue weighted by atomic mass is 79.9. The Bertz CT molecular complexity index is 307. The van der Waals surface area contributed by atoms with Crippen LogP contribution in [0, 0.1) is 0 Å². The van der Waals surface area contributed by atoms with E-state index in [0.29, 0.717) is 13.2 Å². The van der Waals surface area contributed by atoms with Crippen molar-refractivity contribution in [3.63, 3.8) is 0 Å². The lowest BCUT2D eigenvalue weighted by Crippen LogP contribution is -2.54. The first-order chi connectivity index (χ1) is 5.71. The molecule has 1 saturated heterocycles. The molecule has 2 heterocycles. The van der Waals surface area contributed by atoms with E-state index in [2.05, 4.69) is 20.9 Å². The number of pyridine rings is 1. The zero-order valence-electron chi connectivity index (χ0n) is 7.27. The molecule has 14 heavy (non-hydrogen) atoms. The van der Waals surface area contributed by atoms with Gasteiger partial charge in [0.25, 0.3) is 0 Å². The van der Waals surface area contributed by atoms with E-state index in [-0.39, 0.29) is 30.4 Å². The summed E-state index contributed by atoms with van der Waals surface area (Å²) in [6, 6.07) is 1.98. The Morgan fingerprint density at radius 3 is 2.43 bits per heavy atom. The summed E-state index contributed by atoms with van der Waals surface area (Å²) in [5.74, 6) is 0. The lowest BCUT2D eigenvalue weighted by atomic mass is 9.91. The summed E-state index contributed by atoms with van der Waals surface area (Å²) in [4.78, 5) is 4.05. The van der Waals surface area contributed by atoms with Crippen LogP contribution >= 0.6 is 40.7 Å². The van der Waals surface area contributed by atoms with Crippen molar-refractivity contribution in [2.24, 2.45) is 5.73 Å². The number of nitrogens with zero attached hydrogens (tertiary/aromatic N) is 1. The molecule has 0 saturated carbocycles. The highest BCUT2D eigenvalue weighted by Crippen LogP contribution is 2.27. The molecule has 1 aromatic rings. The molecule has 3 nitrogen and oxygen atoms in total. The van der Waals surface area contributed by atoms with E-state index in [1.54, 1.807) is 12.4 Å². The third kappa shape index (κ3) is 2.58. The summed E-state index contributed by atoms with van der Waals surface area (Å²) < 4.78 is 6.02. The van der Waals surface area contributed by atoms with Gasteiger partial charge in [-0.25, -0.2) is 0 Å². The molecule has 2 N–H and O–H groups in total. The number of halogens is 3. The van der Waals surface area contributed by atoms with E-state index >= 15 is 0 Å². The van der Waals surface area contributed by atoms with Gasteiger partial charge in [0.1, 0.15) is 0 Å². The molecule has 0 atom stereocenters. The quantitative estimate of drug-likeness (QED) is 0.861. The third-order valence-corrected chi connectivity index (χ3v) is 2.43. The van der Waals surface area contributed by atoms with E-state index in [1.807, 2.05) is 6.07 Å². The number of hydrogen-bond donors (Lipinski definition) is 1. The number of aromatic nitrogens is 1. The minimum absolute atomic E-state index is 0. The zero-order chi connectivity index (χ0) is 8.60. The first kappa shape index (κ1) is 14.1. The fourth-order valence-electron chi connectivity index (χ4n) is 1.17. The Morgan fingerprint density at radius 2 is 2.00 bits per heavy atom. The van der Waals surface area contributed by atoms with Crippen LogP contribution in [0.15, 0.2) is 22.9 Å². The molecule has 2 rings (SSSR count). The second-order valence-electron chi connectivity index (χ2n) is 3.04. The summed E-state index contributed by atoms with van der Waals surface area (Å²) in [5.41, 5.74) is 6.73. The lowest BCUT2D eigenvalue weighted by molar-refractivity contribution is -0.0571. The Balaban J connectivity index is 0.000000845. The Kier molecular flexibility index (Phi) is 5.33. The largest absolute Gasteiger partial charge is 0.377 e. The van der Waals surface area contributed by atoms with Crippen LogP contribution in [0.25, 0.3) is 0 Å². The van der Waals surface area contributed by atoms with E-state index < -0.39 is 0 Å². The number of rotatable bonds is 1. The van der Waals surface area contributed by atoms with Gasteiger partial charge in [0, 0.05) is 16.9 Å². The van der Waals surface area contributed by atoms with Gasteiger partial charge in [0.15, 0.2) is 0 Å². The molecule has 0 unspecified atom stereocenters. The topological polar surface area (TPSA) is 48.1 Å². The summed E-state index contributed by atoms with van der Waals surface area (Å²) in [5, 5.41) is 0. The molecule has 1 aromatic heterocycles. The minimum Gasteiger partial charge on any atom is -0.377 e. The molecule has 0 amide bonds. The molecule has 1 aliphatic heterocycles. The van der Waals surface area contributed by atoms with E-state index in [0.717, 1.165) is 10.0 Å². The van der Waals surface area contributed by atoms with Crippen molar-refractivity contribution in [3.8, 4) is 0 Å². The van der Waals surface area contributed by atoms with Gasteiger partial charge in [-0.15, -0.1) is 24.8 Å². The molecule has 0 aromatic carbocycles. The summed E-state index contributed by atoms with van der Waals surface area (Å²) in [6.07, 6.45) is 3.53. The smallest absolute Gasteiger partial charge is 0.0899 e. The minimum atomic E-state index is -0.309. The van der Waals surface area contributed by atoms with E-state index in [1.165, 1.54) is 0 Å². The Labute approximate surface area is 103 Å². The fraction of sp³-hybridized carbons (Fsp3) is 0.375. The maximum atomic E-state index is 6.01. The van der Waals surface area contributed by atoms with Crippen molar-refractivity contribution in [2.75, 3.05) is 13.2 Å². The maximum absolute atomic E-state index is 6.01. The van der Waals surface area contributed by atoms with E-state index in [9.17, 15) is 0 Å². The van der Waals surface area contributed by atoms with Gasteiger partial charge in [-0.3, -0.25) is 4.98 Å². The van der Waals surface area contributed by atoms with Gasteiger partial charge >= 0.3 is 0 Å². The Morgan fingerprint density at radius 1 is 1.36 bits per heavy atom. The van der Waals surface area contributed by atoms with Crippen LogP contribution in [0.2, 0.25) is 0 Å². The van der Waals surface area contributed by atoms with Crippen molar-refractivity contribution in [1.29, 1.82) is 0 Å². The number of ether oxygens (including phenoxy) is 1. The molecule has 0 aliphatic carbocycles. The zero-order valence-corrected chi connectivity index (χ0v) is 10.5. The molecule has 6 heteroatoms. The van der Waals surface area contributed by atoms with Crippen LogP contribution in [0.4, 0.5) is 0 Å². The van der Waals surface area contributed by atoms with Crippen LogP contribution in [0.3, 0.4) is 0 Å². The average molecular weight is 302 g/mol. The van der Waals surface area contributed by atoms with Gasteiger partial charge in [-0.2, -0.15) is 0 Å². The monoisotopic (exact) mass is 300 g/mol. The highest BCUT2D eigenvalue weighted by Gasteiger charge is 2.36. The SMILES string of the molecule is Cl.Cl.NC1(c2cncc(Br)c2)COC1. The van der Waals surface area contributed by atoms with Crippen molar-refractivity contribution in [2.45, 2.75) is 5.54 Å². The van der Waals surface area contributed by atoms with Gasteiger partial charge < -0.3 is 10.5 Å². The van der Waals surface area contributed by atoms with Crippen LogP contribution in [-0.2, 0) is 10.3 Å². The maximum Gasteiger partial charge on any atom is 0.0899 e. The van der Waals surface area contributed by atoms with Crippen LogP contribution in [-0.4, -0.2) is 18.2 Å². The normalized spacial score (nSPS) is 17.3. The van der Waals surface area contributed by atoms with Crippen LogP contribution < -0.4 is 5.73 Å². The molecular formula is C8H11BrCl2N2O. The first-order valence-corrected chi connectivity index (χ1v) is 4.48. The van der Waals surface area contributed by atoms with Crippen molar-refractivity contribution < 1.29 is 4.74 Å². The van der Waals surface area contributed by atoms with Crippen LogP contribution in [0.1, 0.15) is 5.56 Å². The van der Waals surface area contributed by atoms with E-state index in [4.69, 9.17) is 10.5 Å². The lowest BCUT2D eigenvalue weighted by Gasteiger charge is -2.37. The van der Waals surface area contributed by atoms with Gasteiger partial charge in [0.2, 0.25) is 0 Å². The average Bonchev–Trinajstić information content (AvgIpc) is 2.00. The summed E-state index contributed by atoms with van der Waals surface area (Å²) >= 11 is 3.35. The highest BCUT2D eigenvalue weighted by molar-refractivity contribution is 9.10. The van der Waals surface area contributed by atoms with Crippen LogP contribution in [0.5, 0.6) is 0 Å². The number of nitrogens with two attached hydrogens (primary N) is 1. The Hall–Kier alpha value is 0.130. The predicted molar refractivity (Wildman–Crippen MR) is 63.1 cm³/mol.